The highest BCUT2D eigenvalue weighted by molar-refractivity contribution is 5.76. The summed E-state index contributed by atoms with van der Waals surface area (Å²) in [5, 5.41) is 11.2. The van der Waals surface area contributed by atoms with Gasteiger partial charge < -0.3 is 5.32 Å². The van der Waals surface area contributed by atoms with Gasteiger partial charge in [0, 0.05) is 35.9 Å². The molecule has 0 radical (unpaired) electrons. The van der Waals surface area contributed by atoms with Gasteiger partial charge in [0.25, 0.3) is 0 Å². The zero-order valence-corrected chi connectivity index (χ0v) is 23.8. The molecule has 3 atom stereocenters. The molecule has 1 aliphatic heterocycles. The van der Waals surface area contributed by atoms with Crippen LogP contribution in [0.15, 0.2) is 83.8 Å². The van der Waals surface area contributed by atoms with Crippen molar-refractivity contribution in [3.05, 3.63) is 95.8 Å². The minimum absolute atomic E-state index is 0.00694. The van der Waals surface area contributed by atoms with Gasteiger partial charge in [-0.1, -0.05) is 56.0 Å². The monoisotopic (exact) mass is 571 g/mol. The third-order valence-electron chi connectivity index (χ3n) is 6.48. The molecule has 2 unspecified atom stereocenters. The quantitative estimate of drug-likeness (QED) is 0.172. The summed E-state index contributed by atoms with van der Waals surface area (Å²) >= 11 is 0. The number of aromatic nitrogens is 3. The van der Waals surface area contributed by atoms with Crippen LogP contribution in [0.4, 0.5) is 17.6 Å². The molecule has 4 rings (SSSR count). The maximum absolute atomic E-state index is 12.4. The van der Waals surface area contributed by atoms with Crippen molar-refractivity contribution in [3.8, 4) is 0 Å². The van der Waals surface area contributed by atoms with Crippen LogP contribution in [0.5, 0.6) is 0 Å². The Balaban J connectivity index is 0.000000230. The summed E-state index contributed by atoms with van der Waals surface area (Å²) < 4.78 is 51.3. The average Bonchev–Trinajstić information content (AvgIpc) is 3.18. The molecule has 2 aliphatic rings. The lowest BCUT2D eigenvalue weighted by atomic mass is 9.98. The number of allylic oxidation sites excluding steroid dienone is 9. The molecular formula is C31H37F4N5O. The van der Waals surface area contributed by atoms with E-state index in [0.717, 1.165) is 23.9 Å². The molecule has 0 spiro atoms. The molecule has 0 aromatic carbocycles. The van der Waals surface area contributed by atoms with Crippen LogP contribution in [-0.2, 0) is 0 Å². The van der Waals surface area contributed by atoms with Crippen molar-refractivity contribution >= 4 is 24.2 Å². The Morgan fingerprint density at radius 2 is 1.95 bits per heavy atom. The fourth-order valence-corrected chi connectivity index (χ4v) is 3.83. The van der Waals surface area contributed by atoms with Crippen molar-refractivity contribution < 1.29 is 22.4 Å². The van der Waals surface area contributed by atoms with Crippen LogP contribution >= 0.6 is 0 Å². The van der Waals surface area contributed by atoms with E-state index in [-0.39, 0.29) is 30.2 Å². The van der Waals surface area contributed by atoms with Crippen molar-refractivity contribution in [2.24, 2.45) is 16.8 Å². The molecule has 220 valence electrons. The lowest BCUT2D eigenvalue weighted by Gasteiger charge is -2.17. The first-order valence-corrected chi connectivity index (χ1v) is 13.2. The van der Waals surface area contributed by atoms with Gasteiger partial charge >= 0.3 is 6.18 Å². The molecule has 0 saturated heterocycles. The first kappa shape index (κ1) is 33.3. The lowest BCUT2D eigenvalue weighted by Crippen LogP contribution is -2.30. The molecule has 2 aromatic rings. The molecular weight excluding hydrogens is 534 g/mol. The number of hydrogen-bond acceptors (Lipinski definition) is 5. The first-order valence-electron chi connectivity index (χ1n) is 13.2. The van der Waals surface area contributed by atoms with Gasteiger partial charge in [0.1, 0.15) is 5.83 Å². The second-order valence-corrected chi connectivity index (χ2v) is 9.62. The van der Waals surface area contributed by atoms with Gasteiger partial charge in [0.15, 0.2) is 17.8 Å². The predicted molar refractivity (Wildman–Crippen MR) is 158 cm³/mol. The Bertz CT molecular complexity index is 1350. The van der Waals surface area contributed by atoms with Gasteiger partial charge in [-0.25, -0.2) is 4.39 Å². The zero-order valence-electron chi connectivity index (χ0n) is 23.8. The number of aldehydes is 1. The predicted octanol–water partition coefficient (Wildman–Crippen LogP) is 7.22. The van der Waals surface area contributed by atoms with Crippen molar-refractivity contribution in [3.63, 3.8) is 0 Å². The van der Waals surface area contributed by atoms with E-state index in [1.165, 1.54) is 12.2 Å². The Morgan fingerprint density at radius 1 is 1.20 bits per heavy atom. The fraction of sp³-hybridized carbons (Fsp3) is 0.355. The van der Waals surface area contributed by atoms with E-state index in [2.05, 4.69) is 27.1 Å². The maximum Gasteiger partial charge on any atom is 0.414 e. The van der Waals surface area contributed by atoms with Gasteiger partial charge in [-0.05, 0) is 57.5 Å². The largest absolute Gasteiger partial charge is 0.414 e. The van der Waals surface area contributed by atoms with E-state index < -0.39 is 11.7 Å². The Labute approximate surface area is 238 Å². The number of alkyl halides is 3. The molecule has 1 N–H and O–H groups in total. The topological polar surface area (TPSA) is 71.7 Å². The highest BCUT2D eigenvalue weighted by Gasteiger charge is 2.34. The number of carbonyl (C=O) groups is 1. The van der Waals surface area contributed by atoms with E-state index in [9.17, 15) is 22.4 Å². The van der Waals surface area contributed by atoms with E-state index in [0.29, 0.717) is 17.8 Å². The third-order valence-corrected chi connectivity index (χ3v) is 6.48. The number of nitrogens with zero attached hydrogens (tertiary/aromatic N) is 4. The molecule has 0 amide bonds. The van der Waals surface area contributed by atoms with E-state index in [1.807, 2.05) is 51.2 Å². The molecule has 3 heterocycles. The number of aryl methyl sites for hydroxylation is 1. The van der Waals surface area contributed by atoms with Crippen LogP contribution < -0.4 is 5.32 Å². The van der Waals surface area contributed by atoms with E-state index >= 15 is 0 Å². The van der Waals surface area contributed by atoms with Crippen molar-refractivity contribution in [2.45, 2.75) is 45.8 Å². The lowest BCUT2D eigenvalue weighted by molar-refractivity contribution is -0.0923. The van der Waals surface area contributed by atoms with Crippen LogP contribution in [0.2, 0.25) is 0 Å². The van der Waals surface area contributed by atoms with Gasteiger partial charge in [-0.2, -0.15) is 13.2 Å². The fourth-order valence-electron chi connectivity index (χ4n) is 3.83. The van der Waals surface area contributed by atoms with Crippen molar-refractivity contribution in [1.29, 1.82) is 0 Å². The summed E-state index contributed by atoms with van der Waals surface area (Å²) in [6, 6.07) is 1.93. The maximum atomic E-state index is 12.4. The molecule has 6 nitrogen and oxygen atoms in total. The normalized spacial score (nSPS) is 19.5. The van der Waals surface area contributed by atoms with Crippen LogP contribution in [0, 0.1) is 18.8 Å². The van der Waals surface area contributed by atoms with Crippen molar-refractivity contribution in [2.75, 3.05) is 13.6 Å². The van der Waals surface area contributed by atoms with Crippen LogP contribution in [0.1, 0.15) is 48.4 Å². The minimum atomic E-state index is -4.24. The van der Waals surface area contributed by atoms with Crippen molar-refractivity contribution in [1.82, 2.24) is 19.9 Å². The minimum Gasteiger partial charge on any atom is -0.317 e. The number of carbonyl (C=O) groups excluding carboxylic acids is 1. The summed E-state index contributed by atoms with van der Waals surface area (Å²) in [6.45, 7) is 9.06. The molecule has 2 aromatic heterocycles. The van der Waals surface area contributed by atoms with Gasteiger partial charge in [0.2, 0.25) is 0 Å². The number of hydrogen-bond donors (Lipinski definition) is 1. The van der Waals surface area contributed by atoms with Gasteiger partial charge in [-0.15, -0.1) is 10.2 Å². The first-order chi connectivity index (χ1) is 19.5. The second kappa shape index (κ2) is 16.4. The van der Waals surface area contributed by atoms with Gasteiger partial charge in [-0.3, -0.25) is 14.2 Å². The van der Waals surface area contributed by atoms with Crippen LogP contribution in [0.25, 0.3) is 11.7 Å². The Hall–Kier alpha value is -3.92. The summed E-state index contributed by atoms with van der Waals surface area (Å²) in [7, 11) is 1.79. The third kappa shape index (κ3) is 10.5. The molecule has 0 bridgehead atoms. The van der Waals surface area contributed by atoms with E-state index in [1.54, 1.807) is 42.1 Å². The molecule has 41 heavy (non-hydrogen) atoms. The molecule has 0 saturated carbocycles. The molecule has 1 aliphatic carbocycles. The SMILES string of the molecule is C=C/C=C\C=C\c1nnc2c(C)cc(C=O)cn12.CC1CC=CC=C1F.CN[C@H](C)C1C=NCC(C(F)(F)F)=CC1. The standard InChI is InChI=1S/C14H13N3O.C10H15F3N2.C7H9F/c1-3-4-5-6-7-13-15-16-14-11(2)8-12(10-18)9-17(13)14;1-7(14-2)8-3-4-9(6-15-5-8)10(11,12)13;1-6-4-2-3-5-7(6)8/h3-10H,1H2,2H3;4-5,7-8,14H,3,6H2,1-2H3;2-3,5-6H,4H2,1H3/b5-4-,7-6+;;/t;7-,8?;/m.1./s1. The zero-order chi connectivity index (χ0) is 30.4. The number of aliphatic imine (C=N–C) groups is 1. The number of pyridine rings is 1. The van der Waals surface area contributed by atoms with E-state index in [4.69, 9.17) is 0 Å². The molecule has 10 heteroatoms. The molecule has 0 fully saturated rings. The van der Waals surface area contributed by atoms with Crippen LogP contribution in [0.3, 0.4) is 0 Å². The number of fused-ring (bicyclic) bond motifs is 1. The second-order valence-electron chi connectivity index (χ2n) is 9.62. The Kier molecular flexibility index (Phi) is 13.3. The summed E-state index contributed by atoms with van der Waals surface area (Å²) in [4.78, 5) is 14.7. The Morgan fingerprint density at radius 3 is 2.54 bits per heavy atom. The smallest absolute Gasteiger partial charge is 0.317 e. The average molecular weight is 572 g/mol. The number of halogens is 4. The highest BCUT2D eigenvalue weighted by Crippen LogP contribution is 2.28. The number of rotatable bonds is 6. The summed E-state index contributed by atoms with van der Waals surface area (Å²) in [6.07, 6.45) is 16.7. The summed E-state index contributed by atoms with van der Waals surface area (Å²) in [5.74, 6) is 0.841. The number of nitrogens with one attached hydrogen (secondary N) is 1. The highest BCUT2D eigenvalue weighted by atomic mass is 19.4. The van der Waals surface area contributed by atoms with Gasteiger partial charge in [0.05, 0.1) is 12.1 Å². The summed E-state index contributed by atoms with van der Waals surface area (Å²) in [5.41, 5.74) is 1.75. The van der Waals surface area contributed by atoms with Crippen LogP contribution in [-0.4, -0.2) is 52.9 Å².